The maximum Gasteiger partial charge on any atom is 0.483 e. The first-order valence-electron chi connectivity index (χ1n) is 2.52. The minimum Gasteiger partial charge on any atom is -0.423 e. The topological polar surface area (TPSA) is 29.5 Å². The Labute approximate surface area is 50.3 Å². The van der Waals surface area contributed by atoms with Gasteiger partial charge in [-0.2, -0.15) is 0 Å². The van der Waals surface area contributed by atoms with Crippen LogP contribution in [0.3, 0.4) is 0 Å². The third-order valence-electron chi connectivity index (χ3n) is 0.717. The Morgan fingerprint density at radius 3 is 2.25 bits per heavy atom. The molecule has 3 heteroatoms. The summed E-state index contributed by atoms with van der Waals surface area (Å²) in [6.45, 7) is 3.81. The van der Waals surface area contributed by atoms with Crippen LogP contribution in [-0.2, 0) is 4.65 Å². The van der Waals surface area contributed by atoms with Crippen LogP contribution in [0.25, 0.3) is 0 Å². The first-order valence-corrected chi connectivity index (χ1v) is 2.52. The van der Waals surface area contributed by atoms with Gasteiger partial charge in [0.15, 0.2) is 0 Å². The number of hydrogen-bond donors (Lipinski definition) is 1. The fourth-order valence-electron chi connectivity index (χ4n) is 0.353. The van der Waals surface area contributed by atoms with Crippen molar-refractivity contribution >= 4 is 7.12 Å². The van der Waals surface area contributed by atoms with Gasteiger partial charge in [-0.15, -0.1) is 0 Å². The summed E-state index contributed by atoms with van der Waals surface area (Å²) in [6, 6.07) is 0. The maximum absolute atomic E-state index is 8.73. The highest BCUT2D eigenvalue weighted by atomic mass is 16.5. The van der Waals surface area contributed by atoms with Crippen molar-refractivity contribution in [3.63, 3.8) is 0 Å². The molecule has 0 aliphatic rings. The fraction of sp³-hybridized carbons (Fsp3) is 0.600. The molecule has 46 valence electrons. The third-order valence-corrected chi connectivity index (χ3v) is 0.717. The average molecular weight is 114 g/mol. The molecule has 8 heavy (non-hydrogen) atoms. The molecule has 0 saturated heterocycles. The van der Waals surface area contributed by atoms with Crippen LogP contribution in [0.2, 0.25) is 0 Å². The maximum atomic E-state index is 8.73. The summed E-state index contributed by atoms with van der Waals surface area (Å²) in [6.07, 6.45) is 0. The van der Waals surface area contributed by atoms with Gasteiger partial charge in [0.2, 0.25) is 0 Å². The molecule has 0 saturated carbocycles. The molecule has 0 unspecified atom stereocenters. The molecule has 2 nitrogen and oxygen atoms in total. The molecule has 0 fully saturated rings. The third kappa shape index (κ3) is 3.90. The highest BCUT2D eigenvalue weighted by molar-refractivity contribution is 6.49. The normalized spacial score (nSPS) is 8.50. The second-order valence-electron chi connectivity index (χ2n) is 1.87. The van der Waals surface area contributed by atoms with Crippen molar-refractivity contribution in [3.05, 3.63) is 11.5 Å². The minimum absolute atomic E-state index is 0.736. The van der Waals surface area contributed by atoms with E-state index in [-0.39, 0.29) is 0 Å². The van der Waals surface area contributed by atoms with Crippen LogP contribution in [0.5, 0.6) is 0 Å². The first-order chi connectivity index (χ1) is 3.66. The molecule has 0 spiro atoms. The van der Waals surface area contributed by atoms with Crippen LogP contribution >= 0.6 is 0 Å². The molecule has 0 radical (unpaired) electrons. The number of hydrogen-bond acceptors (Lipinski definition) is 2. The van der Waals surface area contributed by atoms with Crippen LogP contribution in [0.1, 0.15) is 13.8 Å². The van der Waals surface area contributed by atoms with E-state index in [1.807, 2.05) is 13.8 Å². The molecular weight excluding hydrogens is 103 g/mol. The van der Waals surface area contributed by atoms with Gasteiger partial charge < -0.3 is 9.68 Å². The Hall–Kier alpha value is -0.275. The van der Waals surface area contributed by atoms with Crippen LogP contribution in [0.15, 0.2) is 11.5 Å². The van der Waals surface area contributed by atoms with Gasteiger partial charge in [-0.1, -0.05) is 11.5 Å². The smallest absolute Gasteiger partial charge is 0.423 e. The minimum atomic E-state index is -0.736. The largest absolute Gasteiger partial charge is 0.483 e. The fourth-order valence-corrected chi connectivity index (χ4v) is 0.353. The van der Waals surface area contributed by atoms with Gasteiger partial charge in [0.1, 0.15) is 0 Å². The molecule has 0 aromatic heterocycles. The van der Waals surface area contributed by atoms with Crippen molar-refractivity contribution in [2.45, 2.75) is 13.8 Å². The lowest BCUT2D eigenvalue weighted by Gasteiger charge is -1.94. The predicted molar refractivity (Wildman–Crippen MR) is 34.4 cm³/mol. The van der Waals surface area contributed by atoms with Crippen LogP contribution in [0, 0.1) is 0 Å². The van der Waals surface area contributed by atoms with E-state index in [1.165, 1.54) is 7.11 Å². The van der Waals surface area contributed by atoms with E-state index in [9.17, 15) is 0 Å². The number of allylic oxidation sites excluding steroid dienone is 1. The van der Waals surface area contributed by atoms with Gasteiger partial charge in [-0.05, 0) is 13.8 Å². The molecule has 0 aromatic carbocycles. The van der Waals surface area contributed by atoms with Gasteiger partial charge in [-0.3, -0.25) is 0 Å². The van der Waals surface area contributed by atoms with Gasteiger partial charge in [0.25, 0.3) is 0 Å². The monoisotopic (exact) mass is 114 g/mol. The lowest BCUT2D eigenvalue weighted by molar-refractivity contribution is 0.340. The highest BCUT2D eigenvalue weighted by Crippen LogP contribution is 1.89. The van der Waals surface area contributed by atoms with E-state index in [1.54, 1.807) is 5.98 Å². The van der Waals surface area contributed by atoms with Crippen molar-refractivity contribution in [1.82, 2.24) is 0 Å². The summed E-state index contributed by atoms with van der Waals surface area (Å²) in [5.41, 5.74) is 1.05. The quantitative estimate of drug-likeness (QED) is 0.533. The Morgan fingerprint density at radius 1 is 1.62 bits per heavy atom. The standard InChI is InChI=1S/C5H11BO2/c1-5(2)4-6(7)8-3/h4,7H,1-3H3. The number of rotatable bonds is 2. The van der Waals surface area contributed by atoms with E-state index in [2.05, 4.69) is 4.65 Å². The summed E-state index contributed by atoms with van der Waals surface area (Å²) in [7, 11) is 0.726. The Bertz CT molecular complexity index is 86.4. The molecule has 0 amide bonds. The average Bonchev–Trinajstić information content (AvgIpc) is 1.65. The second kappa shape index (κ2) is 3.69. The predicted octanol–water partition coefficient (Wildman–Crippen LogP) is 0.619. The zero-order valence-corrected chi connectivity index (χ0v) is 5.51. The van der Waals surface area contributed by atoms with Crippen molar-refractivity contribution in [1.29, 1.82) is 0 Å². The molecule has 0 aromatic rings. The molecule has 0 aliphatic carbocycles. The van der Waals surface area contributed by atoms with Gasteiger partial charge in [0.05, 0.1) is 0 Å². The summed E-state index contributed by atoms with van der Waals surface area (Å²) < 4.78 is 4.54. The molecule has 0 rings (SSSR count). The zero-order chi connectivity index (χ0) is 6.57. The Kier molecular flexibility index (Phi) is 3.57. The zero-order valence-electron chi connectivity index (χ0n) is 5.51. The van der Waals surface area contributed by atoms with Crippen LogP contribution < -0.4 is 0 Å². The van der Waals surface area contributed by atoms with E-state index in [0.29, 0.717) is 0 Å². The first kappa shape index (κ1) is 7.72. The Morgan fingerprint density at radius 2 is 2.12 bits per heavy atom. The van der Waals surface area contributed by atoms with Gasteiger partial charge in [0, 0.05) is 7.11 Å². The molecule has 1 N–H and O–H groups in total. The SMILES string of the molecule is COB(O)C=C(C)C. The summed E-state index contributed by atoms with van der Waals surface area (Å²) in [5.74, 6) is 1.64. The molecule has 0 bridgehead atoms. The van der Waals surface area contributed by atoms with Crippen LogP contribution in [-0.4, -0.2) is 19.3 Å². The summed E-state index contributed by atoms with van der Waals surface area (Å²) >= 11 is 0. The van der Waals surface area contributed by atoms with Crippen molar-refractivity contribution in [2.24, 2.45) is 0 Å². The molecular formula is C5H11BO2. The van der Waals surface area contributed by atoms with Crippen molar-refractivity contribution in [2.75, 3.05) is 7.11 Å². The lowest BCUT2D eigenvalue weighted by atomic mass is 9.89. The molecule has 0 aliphatic heterocycles. The van der Waals surface area contributed by atoms with Gasteiger partial charge in [-0.25, -0.2) is 0 Å². The summed E-state index contributed by atoms with van der Waals surface area (Å²) in [4.78, 5) is 0. The van der Waals surface area contributed by atoms with Crippen LogP contribution in [0.4, 0.5) is 0 Å². The molecule has 0 heterocycles. The lowest BCUT2D eigenvalue weighted by Crippen LogP contribution is -2.11. The Balaban J connectivity index is 3.51. The van der Waals surface area contributed by atoms with E-state index in [4.69, 9.17) is 5.02 Å². The van der Waals surface area contributed by atoms with Crippen molar-refractivity contribution < 1.29 is 9.68 Å². The molecule has 0 atom stereocenters. The highest BCUT2D eigenvalue weighted by Gasteiger charge is 2.02. The van der Waals surface area contributed by atoms with Gasteiger partial charge >= 0.3 is 7.12 Å². The second-order valence-corrected chi connectivity index (χ2v) is 1.87. The summed E-state index contributed by atoms with van der Waals surface area (Å²) in [5, 5.41) is 8.73. The van der Waals surface area contributed by atoms with E-state index >= 15 is 0 Å². The van der Waals surface area contributed by atoms with Crippen molar-refractivity contribution in [3.8, 4) is 0 Å². The van der Waals surface area contributed by atoms with E-state index in [0.717, 1.165) is 5.57 Å². The van der Waals surface area contributed by atoms with E-state index < -0.39 is 7.12 Å².